The minimum Gasteiger partial charge on any atom is -0.311 e. The Kier molecular flexibility index (Phi) is 3.53. The van der Waals surface area contributed by atoms with Crippen LogP contribution in [0.5, 0.6) is 0 Å². The molecule has 2 aromatic rings. The molecule has 4 heteroatoms. The van der Waals surface area contributed by atoms with Crippen LogP contribution in [0.15, 0.2) is 30.6 Å². The standard InChI is InChI=1S/C15H22N4/c1-12(2)14-11-18(8-6-16-14)9-13-10-19-7-4-3-5-15(19)17-13/h3-5,7,10,12,14,16H,6,8-9,11H2,1-2H3. The highest BCUT2D eigenvalue weighted by molar-refractivity contribution is 5.39. The zero-order chi connectivity index (χ0) is 13.2. The number of pyridine rings is 1. The molecule has 1 unspecified atom stereocenters. The maximum absolute atomic E-state index is 4.68. The second-order valence-corrected chi connectivity index (χ2v) is 5.74. The second kappa shape index (κ2) is 5.31. The molecule has 0 bridgehead atoms. The third-order valence-electron chi connectivity index (χ3n) is 3.89. The van der Waals surface area contributed by atoms with Crippen LogP contribution in [0.4, 0.5) is 0 Å². The van der Waals surface area contributed by atoms with E-state index in [0.717, 1.165) is 37.5 Å². The van der Waals surface area contributed by atoms with E-state index in [1.807, 2.05) is 12.1 Å². The Morgan fingerprint density at radius 1 is 1.42 bits per heavy atom. The van der Waals surface area contributed by atoms with Crippen LogP contribution in [-0.2, 0) is 6.54 Å². The summed E-state index contributed by atoms with van der Waals surface area (Å²) in [5.41, 5.74) is 2.20. The van der Waals surface area contributed by atoms with Gasteiger partial charge >= 0.3 is 0 Å². The van der Waals surface area contributed by atoms with Gasteiger partial charge in [0.05, 0.1) is 5.69 Å². The summed E-state index contributed by atoms with van der Waals surface area (Å²) in [6.07, 6.45) is 4.20. The van der Waals surface area contributed by atoms with Gasteiger partial charge in [-0.2, -0.15) is 0 Å². The van der Waals surface area contributed by atoms with Gasteiger partial charge in [-0.25, -0.2) is 4.98 Å². The molecule has 1 atom stereocenters. The molecule has 3 rings (SSSR count). The number of nitrogens with zero attached hydrogens (tertiary/aromatic N) is 3. The van der Waals surface area contributed by atoms with Crippen LogP contribution >= 0.6 is 0 Å². The van der Waals surface area contributed by atoms with Crippen molar-refractivity contribution in [3.05, 3.63) is 36.3 Å². The van der Waals surface area contributed by atoms with E-state index in [4.69, 9.17) is 0 Å². The summed E-state index contributed by atoms with van der Waals surface area (Å²) >= 11 is 0. The molecule has 2 aromatic heterocycles. The SMILES string of the molecule is CC(C)C1CN(Cc2cn3ccccc3n2)CCN1. The first-order valence-electron chi connectivity index (χ1n) is 7.11. The molecule has 0 aromatic carbocycles. The van der Waals surface area contributed by atoms with Crippen molar-refractivity contribution in [1.82, 2.24) is 19.6 Å². The van der Waals surface area contributed by atoms with Gasteiger partial charge in [-0.3, -0.25) is 4.90 Å². The maximum Gasteiger partial charge on any atom is 0.137 e. The monoisotopic (exact) mass is 258 g/mol. The number of hydrogen-bond donors (Lipinski definition) is 1. The Morgan fingerprint density at radius 3 is 3.11 bits per heavy atom. The highest BCUT2D eigenvalue weighted by Gasteiger charge is 2.22. The lowest BCUT2D eigenvalue weighted by atomic mass is 10.0. The zero-order valence-electron chi connectivity index (χ0n) is 11.7. The lowest BCUT2D eigenvalue weighted by molar-refractivity contribution is 0.167. The number of hydrogen-bond acceptors (Lipinski definition) is 3. The highest BCUT2D eigenvalue weighted by atomic mass is 15.2. The molecule has 0 spiro atoms. The molecule has 1 fully saturated rings. The molecular weight excluding hydrogens is 236 g/mol. The molecule has 0 radical (unpaired) electrons. The van der Waals surface area contributed by atoms with Crippen LogP contribution in [0.25, 0.3) is 5.65 Å². The van der Waals surface area contributed by atoms with Gasteiger partial charge in [0.15, 0.2) is 0 Å². The van der Waals surface area contributed by atoms with Crippen molar-refractivity contribution in [2.24, 2.45) is 5.92 Å². The molecule has 1 saturated heterocycles. The van der Waals surface area contributed by atoms with Crippen molar-refractivity contribution in [1.29, 1.82) is 0 Å². The first-order valence-corrected chi connectivity index (χ1v) is 7.11. The van der Waals surface area contributed by atoms with Gasteiger partial charge in [-0.15, -0.1) is 0 Å². The molecular formula is C15H22N4. The summed E-state index contributed by atoms with van der Waals surface area (Å²) in [6.45, 7) is 8.82. The van der Waals surface area contributed by atoms with E-state index >= 15 is 0 Å². The van der Waals surface area contributed by atoms with Gasteiger partial charge in [0, 0.05) is 44.6 Å². The second-order valence-electron chi connectivity index (χ2n) is 5.74. The van der Waals surface area contributed by atoms with Gasteiger partial charge in [0.2, 0.25) is 0 Å². The van der Waals surface area contributed by atoms with Gasteiger partial charge in [-0.05, 0) is 18.1 Å². The topological polar surface area (TPSA) is 32.6 Å². The third kappa shape index (κ3) is 2.80. The molecule has 1 N–H and O–H groups in total. The number of nitrogens with one attached hydrogen (secondary N) is 1. The Morgan fingerprint density at radius 2 is 2.32 bits per heavy atom. The van der Waals surface area contributed by atoms with E-state index in [1.54, 1.807) is 0 Å². The van der Waals surface area contributed by atoms with Crippen LogP contribution in [0.2, 0.25) is 0 Å². The van der Waals surface area contributed by atoms with Gasteiger partial charge in [0.1, 0.15) is 5.65 Å². The molecule has 3 heterocycles. The predicted molar refractivity (Wildman–Crippen MR) is 77.1 cm³/mol. The average molecular weight is 258 g/mol. The number of imidazole rings is 1. The maximum atomic E-state index is 4.68. The quantitative estimate of drug-likeness (QED) is 0.910. The van der Waals surface area contributed by atoms with E-state index in [1.165, 1.54) is 0 Å². The Bertz CT molecular complexity index is 513. The van der Waals surface area contributed by atoms with Crippen molar-refractivity contribution in [2.45, 2.75) is 26.4 Å². The minimum atomic E-state index is 0.603. The lowest BCUT2D eigenvalue weighted by Crippen LogP contribution is -2.52. The van der Waals surface area contributed by atoms with Crippen molar-refractivity contribution < 1.29 is 0 Å². The zero-order valence-corrected chi connectivity index (χ0v) is 11.7. The average Bonchev–Trinajstić information content (AvgIpc) is 2.81. The summed E-state index contributed by atoms with van der Waals surface area (Å²) < 4.78 is 2.09. The van der Waals surface area contributed by atoms with Crippen molar-refractivity contribution in [2.75, 3.05) is 19.6 Å². The molecule has 1 aliphatic rings. The van der Waals surface area contributed by atoms with Gasteiger partial charge in [0.25, 0.3) is 0 Å². The number of fused-ring (bicyclic) bond motifs is 1. The van der Waals surface area contributed by atoms with Crippen LogP contribution in [0, 0.1) is 5.92 Å². The number of aromatic nitrogens is 2. The lowest BCUT2D eigenvalue weighted by Gasteiger charge is -2.35. The summed E-state index contributed by atoms with van der Waals surface area (Å²) in [5.74, 6) is 0.684. The van der Waals surface area contributed by atoms with Gasteiger partial charge in [-0.1, -0.05) is 19.9 Å². The Hall–Kier alpha value is -1.39. The van der Waals surface area contributed by atoms with E-state index in [0.29, 0.717) is 12.0 Å². The van der Waals surface area contributed by atoms with Crippen molar-refractivity contribution >= 4 is 5.65 Å². The summed E-state index contributed by atoms with van der Waals surface area (Å²) in [5, 5.41) is 3.59. The Labute approximate surface area is 114 Å². The van der Waals surface area contributed by atoms with Crippen LogP contribution in [0.1, 0.15) is 19.5 Å². The molecule has 0 amide bonds. The minimum absolute atomic E-state index is 0.603. The van der Waals surface area contributed by atoms with E-state index < -0.39 is 0 Å². The largest absolute Gasteiger partial charge is 0.311 e. The summed E-state index contributed by atoms with van der Waals surface area (Å²) in [6, 6.07) is 6.73. The van der Waals surface area contributed by atoms with E-state index in [2.05, 4.69) is 51.9 Å². The molecule has 1 aliphatic heterocycles. The molecule has 0 saturated carbocycles. The van der Waals surface area contributed by atoms with Crippen LogP contribution in [-0.4, -0.2) is 40.0 Å². The van der Waals surface area contributed by atoms with E-state index in [-0.39, 0.29) is 0 Å². The normalized spacial score (nSPS) is 21.3. The Balaban J connectivity index is 1.70. The molecule has 102 valence electrons. The predicted octanol–water partition coefficient (Wildman–Crippen LogP) is 1.76. The molecule has 0 aliphatic carbocycles. The molecule has 4 nitrogen and oxygen atoms in total. The van der Waals surface area contributed by atoms with E-state index in [9.17, 15) is 0 Å². The number of rotatable bonds is 3. The first-order chi connectivity index (χ1) is 9.22. The van der Waals surface area contributed by atoms with Crippen LogP contribution in [0.3, 0.4) is 0 Å². The summed E-state index contributed by atoms with van der Waals surface area (Å²) in [7, 11) is 0. The van der Waals surface area contributed by atoms with Crippen LogP contribution < -0.4 is 5.32 Å². The third-order valence-corrected chi connectivity index (χ3v) is 3.89. The number of piperazine rings is 1. The fourth-order valence-electron chi connectivity index (χ4n) is 2.72. The van der Waals surface area contributed by atoms with Crippen molar-refractivity contribution in [3.63, 3.8) is 0 Å². The smallest absolute Gasteiger partial charge is 0.137 e. The first kappa shape index (κ1) is 12.6. The highest BCUT2D eigenvalue weighted by Crippen LogP contribution is 2.12. The summed E-state index contributed by atoms with van der Waals surface area (Å²) in [4.78, 5) is 7.18. The van der Waals surface area contributed by atoms with Gasteiger partial charge < -0.3 is 9.72 Å². The van der Waals surface area contributed by atoms with Crippen molar-refractivity contribution in [3.8, 4) is 0 Å². The molecule has 19 heavy (non-hydrogen) atoms. The fraction of sp³-hybridized carbons (Fsp3) is 0.533. The fourth-order valence-corrected chi connectivity index (χ4v) is 2.72.